The first-order valence-electron chi connectivity index (χ1n) is 7.75. The average Bonchev–Trinajstić information content (AvgIpc) is 2.61. The van der Waals surface area contributed by atoms with Crippen molar-refractivity contribution in [3.05, 3.63) is 65.7 Å². The van der Waals surface area contributed by atoms with Gasteiger partial charge >= 0.3 is 0 Å². The highest BCUT2D eigenvalue weighted by Gasteiger charge is 2.12. The van der Waals surface area contributed by atoms with Gasteiger partial charge in [-0.15, -0.1) is 0 Å². The summed E-state index contributed by atoms with van der Waals surface area (Å²) in [5, 5.41) is 0. The van der Waals surface area contributed by atoms with E-state index in [-0.39, 0.29) is 12.5 Å². The molecule has 4 heteroatoms. The molecule has 2 aromatic rings. The number of likely N-dealkylation sites (N-methyl/N-ethyl adjacent to an activating group) is 1. The van der Waals surface area contributed by atoms with Crippen molar-refractivity contribution >= 4 is 5.91 Å². The molecule has 0 N–H and O–H groups in total. The van der Waals surface area contributed by atoms with Crippen molar-refractivity contribution in [1.29, 1.82) is 0 Å². The van der Waals surface area contributed by atoms with E-state index < -0.39 is 0 Å². The number of benzene rings is 2. The quantitative estimate of drug-likeness (QED) is 0.751. The van der Waals surface area contributed by atoms with E-state index in [1.807, 2.05) is 61.5 Å². The SMILES string of the molecule is CCN(Cc1ccc(OC)cc1)C(=O)COCc1ccccc1. The Morgan fingerprint density at radius 2 is 1.70 bits per heavy atom. The minimum atomic E-state index is -0.000695. The van der Waals surface area contributed by atoms with E-state index in [2.05, 4.69) is 0 Å². The Morgan fingerprint density at radius 3 is 2.30 bits per heavy atom. The molecule has 0 saturated carbocycles. The molecule has 0 aromatic heterocycles. The lowest BCUT2D eigenvalue weighted by Gasteiger charge is -2.21. The van der Waals surface area contributed by atoms with Gasteiger partial charge in [0.1, 0.15) is 12.4 Å². The molecule has 0 aliphatic carbocycles. The first-order valence-corrected chi connectivity index (χ1v) is 7.75. The number of ether oxygens (including phenoxy) is 2. The predicted octanol–water partition coefficient (Wildman–Crippen LogP) is 3.26. The molecule has 0 unspecified atom stereocenters. The Bertz CT molecular complexity index is 596. The maximum atomic E-state index is 12.3. The number of methoxy groups -OCH3 is 1. The average molecular weight is 313 g/mol. The standard InChI is InChI=1S/C19H23NO3/c1-3-20(13-16-9-11-18(22-2)12-10-16)19(21)15-23-14-17-7-5-4-6-8-17/h4-12H,3,13-15H2,1-2H3. The van der Waals surface area contributed by atoms with Crippen LogP contribution in [-0.4, -0.2) is 31.1 Å². The lowest BCUT2D eigenvalue weighted by atomic mass is 10.2. The highest BCUT2D eigenvalue weighted by atomic mass is 16.5. The van der Waals surface area contributed by atoms with Gasteiger partial charge in [0.05, 0.1) is 13.7 Å². The second kappa shape index (κ2) is 8.96. The van der Waals surface area contributed by atoms with E-state index in [0.29, 0.717) is 19.7 Å². The molecular weight excluding hydrogens is 290 g/mol. The number of hydrogen-bond acceptors (Lipinski definition) is 3. The molecule has 0 atom stereocenters. The van der Waals surface area contributed by atoms with Gasteiger partial charge in [-0.2, -0.15) is 0 Å². The number of carbonyl (C=O) groups is 1. The number of nitrogens with zero attached hydrogens (tertiary/aromatic N) is 1. The summed E-state index contributed by atoms with van der Waals surface area (Å²) >= 11 is 0. The molecule has 0 heterocycles. The minimum absolute atomic E-state index is 0.000695. The van der Waals surface area contributed by atoms with Crippen molar-refractivity contribution in [3.63, 3.8) is 0 Å². The van der Waals surface area contributed by atoms with E-state index in [4.69, 9.17) is 9.47 Å². The normalized spacial score (nSPS) is 10.3. The third-order valence-corrected chi connectivity index (χ3v) is 3.60. The van der Waals surface area contributed by atoms with Crippen LogP contribution in [0.5, 0.6) is 5.75 Å². The van der Waals surface area contributed by atoms with Crippen LogP contribution in [0.25, 0.3) is 0 Å². The summed E-state index contributed by atoms with van der Waals surface area (Å²) in [5.74, 6) is 0.813. The van der Waals surface area contributed by atoms with Crippen LogP contribution >= 0.6 is 0 Å². The van der Waals surface area contributed by atoms with Crippen molar-refractivity contribution in [3.8, 4) is 5.75 Å². The molecule has 0 bridgehead atoms. The molecule has 1 amide bonds. The second-order valence-electron chi connectivity index (χ2n) is 5.23. The van der Waals surface area contributed by atoms with Gasteiger partial charge in [-0.3, -0.25) is 4.79 Å². The van der Waals surface area contributed by atoms with Crippen molar-refractivity contribution in [2.45, 2.75) is 20.1 Å². The Kier molecular flexibility index (Phi) is 6.63. The van der Waals surface area contributed by atoms with Crippen LogP contribution in [0.2, 0.25) is 0 Å². The molecule has 2 aromatic carbocycles. The number of amides is 1. The van der Waals surface area contributed by atoms with Crippen LogP contribution in [0, 0.1) is 0 Å². The van der Waals surface area contributed by atoms with Crippen molar-refractivity contribution < 1.29 is 14.3 Å². The lowest BCUT2D eigenvalue weighted by Crippen LogP contribution is -2.33. The third-order valence-electron chi connectivity index (χ3n) is 3.60. The highest BCUT2D eigenvalue weighted by Crippen LogP contribution is 2.13. The Hall–Kier alpha value is -2.33. The van der Waals surface area contributed by atoms with Crippen LogP contribution < -0.4 is 4.74 Å². The van der Waals surface area contributed by atoms with Crippen LogP contribution in [0.3, 0.4) is 0 Å². The van der Waals surface area contributed by atoms with E-state index >= 15 is 0 Å². The highest BCUT2D eigenvalue weighted by molar-refractivity contribution is 5.77. The largest absolute Gasteiger partial charge is 0.497 e. The van der Waals surface area contributed by atoms with E-state index in [0.717, 1.165) is 16.9 Å². The number of rotatable bonds is 8. The zero-order valence-corrected chi connectivity index (χ0v) is 13.7. The van der Waals surface area contributed by atoms with Crippen molar-refractivity contribution in [2.24, 2.45) is 0 Å². The maximum Gasteiger partial charge on any atom is 0.248 e. The molecule has 23 heavy (non-hydrogen) atoms. The van der Waals surface area contributed by atoms with Gasteiger partial charge in [0.2, 0.25) is 5.91 Å². The first-order chi connectivity index (χ1) is 11.2. The summed E-state index contributed by atoms with van der Waals surface area (Å²) < 4.78 is 10.7. The summed E-state index contributed by atoms with van der Waals surface area (Å²) in [6.07, 6.45) is 0. The number of carbonyl (C=O) groups excluding carboxylic acids is 1. The molecule has 0 spiro atoms. The summed E-state index contributed by atoms with van der Waals surface area (Å²) in [7, 11) is 1.64. The minimum Gasteiger partial charge on any atom is -0.497 e. The molecule has 0 saturated heterocycles. The van der Waals surface area contributed by atoms with Gasteiger partial charge in [0, 0.05) is 13.1 Å². The monoisotopic (exact) mass is 313 g/mol. The van der Waals surface area contributed by atoms with E-state index in [1.54, 1.807) is 12.0 Å². The summed E-state index contributed by atoms with van der Waals surface area (Å²) in [5.41, 5.74) is 2.14. The predicted molar refractivity (Wildman–Crippen MR) is 90.2 cm³/mol. The van der Waals surface area contributed by atoms with Crippen LogP contribution in [0.15, 0.2) is 54.6 Å². The molecule has 122 valence electrons. The van der Waals surface area contributed by atoms with E-state index in [9.17, 15) is 4.79 Å². The summed E-state index contributed by atoms with van der Waals surface area (Å²) in [6, 6.07) is 17.6. The number of hydrogen-bond donors (Lipinski definition) is 0. The second-order valence-corrected chi connectivity index (χ2v) is 5.23. The van der Waals surface area contributed by atoms with Crippen LogP contribution in [0.1, 0.15) is 18.1 Å². The Morgan fingerprint density at radius 1 is 1.00 bits per heavy atom. The third kappa shape index (κ3) is 5.42. The van der Waals surface area contributed by atoms with Gasteiger partial charge < -0.3 is 14.4 Å². The molecule has 0 aliphatic rings. The summed E-state index contributed by atoms with van der Waals surface area (Å²) in [6.45, 7) is 3.75. The molecule has 4 nitrogen and oxygen atoms in total. The molecule has 0 fully saturated rings. The van der Waals surface area contributed by atoms with Gasteiger partial charge in [-0.1, -0.05) is 42.5 Å². The smallest absolute Gasteiger partial charge is 0.248 e. The molecule has 2 rings (SSSR count). The zero-order chi connectivity index (χ0) is 16.5. The van der Waals surface area contributed by atoms with Crippen LogP contribution in [0.4, 0.5) is 0 Å². The van der Waals surface area contributed by atoms with Crippen LogP contribution in [-0.2, 0) is 22.7 Å². The summed E-state index contributed by atoms with van der Waals surface area (Å²) in [4.78, 5) is 14.1. The van der Waals surface area contributed by atoms with Gasteiger partial charge in [0.25, 0.3) is 0 Å². The maximum absolute atomic E-state index is 12.3. The zero-order valence-electron chi connectivity index (χ0n) is 13.7. The Labute approximate surface area is 137 Å². The molecular formula is C19H23NO3. The van der Waals surface area contributed by atoms with Gasteiger partial charge in [-0.05, 0) is 30.2 Å². The van der Waals surface area contributed by atoms with Gasteiger partial charge in [0.15, 0.2) is 0 Å². The topological polar surface area (TPSA) is 38.8 Å². The van der Waals surface area contributed by atoms with Crippen molar-refractivity contribution in [1.82, 2.24) is 4.90 Å². The fraction of sp³-hybridized carbons (Fsp3) is 0.316. The van der Waals surface area contributed by atoms with Gasteiger partial charge in [-0.25, -0.2) is 0 Å². The lowest BCUT2D eigenvalue weighted by molar-refractivity contribution is -0.137. The first kappa shape index (κ1) is 17.0. The molecule has 0 radical (unpaired) electrons. The van der Waals surface area contributed by atoms with E-state index in [1.165, 1.54) is 0 Å². The fourth-order valence-corrected chi connectivity index (χ4v) is 2.25. The fourth-order valence-electron chi connectivity index (χ4n) is 2.25. The molecule has 0 aliphatic heterocycles. The van der Waals surface area contributed by atoms with Crippen molar-refractivity contribution in [2.75, 3.05) is 20.3 Å². The Balaban J connectivity index is 1.82.